The summed E-state index contributed by atoms with van der Waals surface area (Å²) in [6.07, 6.45) is 9.63. The second-order valence-corrected chi connectivity index (χ2v) is 19.0. The lowest BCUT2D eigenvalue weighted by Gasteiger charge is -2.48. The highest BCUT2D eigenvalue weighted by molar-refractivity contribution is 7.90. The maximum Gasteiger partial charge on any atom is 0.264 e. The van der Waals surface area contributed by atoms with Gasteiger partial charge in [-0.15, -0.1) is 0 Å². The van der Waals surface area contributed by atoms with Crippen molar-refractivity contribution in [3.05, 3.63) is 58.1 Å². The fourth-order valence-corrected chi connectivity index (χ4v) is 11.7. The predicted octanol–water partition coefficient (Wildman–Crippen LogP) is 6.13. The van der Waals surface area contributed by atoms with E-state index in [1.165, 1.54) is 24.8 Å². The van der Waals surface area contributed by atoms with Gasteiger partial charge in [0.05, 0.1) is 24.2 Å². The molecule has 0 radical (unpaired) electrons. The molecule has 2 aromatic carbocycles. The first-order valence-electron chi connectivity index (χ1n) is 19.5. The minimum atomic E-state index is -3.88. The van der Waals surface area contributed by atoms with Crippen molar-refractivity contribution in [3.63, 3.8) is 0 Å². The van der Waals surface area contributed by atoms with E-state index in [9.17, 15) is 13.2 Å². The number of halogens is 1. The molecular weight excluding hydrogens is 684 g/mol. The highest BCUT2D eigenvalue weighted by Crippen LogP contribution is 2.65. The standard InChI is InChI=1S/C40H55ClN4O5S/c1-27-6-5-14-40(22-38(40)45-17-16-43-18-19-49-26-34(43)24-45)35-12-9-31(35)23-44-15-4-3-7-29-20-33(41)11-8-32(29)25-50-37-13-10-30(21-36(37)44)39(46)42-51(47,48)28(27)2/h8,10-11,13,20-21,27-28,31,34-35,38H,3-7,9,12,14-19,22-26H2,1-2H3,(H,42,46)/t27-,28+,31-,34-,35+,38?,40?/m0/s1. The average molecular weight is 739 g/mol. The molecule has 4 heterocycles. The van der Waals surface area contributed by atoms with Crippen molar-refractivity contribution in [2.75, 3.05) is 57.4 Å². The molecule has 2 bridgehead atoms. The third-order valence-corrected chi connectivity index (χ3v) is 15.8. The summed E-state index contributed by atoms with van der Waals surface area (Å²) in [6, 6.07) is 12.5. The molecule has 2 saturated heterocycles. The normalized spacial score (nSPS) is 34.8. The summed E-state index contributed by atoms with van der Waals surface area (Å²) in [5.41, 5.74) is 3.82. The Labute approximate surface area is 309 Å². The van der Waals surface area contributed by atoms with Crippen molar-refractivity contribution < 1.29 is 22.7 Å². The quantitative estimate of drug-likeness (QED) is 0.374. The molecule has 1 amide bonds. The number of carbonyl (C=O) groups is 1. The Bertz CT molecular complexity index is 1720. The van der Waals surface area contributed by atoms with Crippen LogP contribution in [-0.2, 0) is 27.8 Å². The van der Waals surface area contributed by atoms with Crippen molar-refractivity contribution in [2.24, 2.45) is 23.2 Å². The van der Waals surface area contributed by atoms with E-state index in [0.717, 1.165) is 113 Å². The van der Waals surface area contributed by atoms with Crippen LogP contribution in [0.2, 0.25) is 5.02 Å². The van der Waals surface area contributed by atoms with Crippen LogP contribution in [0.15, 0.2) is 36.4 Å². The van der Waals surface area contributed by atoms with E-state index in [1.807, 2.05) is 25.1 Å². The number of morpholine rings is 1. The van der Waals surface area contributed by atoms with Crippen LogP contribution < -0.4 is 14.4 Å². The zero-order valence-corrected chi connectivity index (χ0v) is 31.9. The summed E-state index contributed by atoms with van der Waals surface area (Å²) in [4.78, 5) is 21.5. The molecule has 4 aliphatic heterocycles. The average Bonchev–Trinajstić information content (AvgIpc) is 3.83. The molecule has 7 atom stereocenters. The molecular formula is C40H55ClN4O5S. The smallest absolute Gasteiger partial charge is 0.264 e. The van der Waals surface area contributed by atoms with Crippen LogP contribution in [0.25, 0.3) is 0 Å². The van der Waals surface area contributed by atoms with Gasteiger partial charge in [-0.05, 0) is 123 Å². The van der Waals surface area contributed by atoms with Crippen molar-refractivity contribution >= 4 is 33.2 Å². The highest BCUT2D eigenvalue weighted by atomic mass is 35.5. The molecule has 278 valence electrons. The lowest BCUT2D eigenvalue weighted by atomic mass is 9.63. The lowest BCUT2D eigenvalue weighted by Crippen LogP contribution is -2.59. The Hall–Kier alpha value is -2.37. The van der Waals surface area contributed by atoms with E-state index in [2.05, 4.69) is 31.6 Å². The number of amides is 1. The third-order valence-electron chi connectivity index (χ3n) is 13.7. The molecule has 2 saturated carbocycles. The Morgan fingerprint density at radius 3 is 2.63 bits per heavy atom. The van der Waals surface area contributed by atoms with Gasteiger partial charge in [0.2, 0.25) is 10.0 Å². The molecule has 2 unspecified atom stereocenters. The number of nitrogens with one attached hydrogen (secondary N) is 1. The SMILES string of the molecule is C[C@@H]1[C@@H](C)CCCC2(CC2N2CCN3CCOC[C@@H]3C2)[C@@H]2CC[C@H]2CN2CCCCc3cc(Cl)ccc3COc3ccc(cc32)C(=O)NS1(=O)=O. The van der Waals surface area contributed by atoms with Gasteiger partial charge < -0.3 is 14.4 Å². The Kier molecular flexibility index (Phi) is 10.1. The van der Waals surface area contributed by atoms with Crippen molar-refractivity contribution in [1.82, 2.24) is 14.5 Å². The van der Waals surface area contributed by atoms with Gasteiger partial charge in [-0.25, -0.2) is 13.1 Å². The van der Waals surface area contributed by atoms with Crippen LogP contribution in [0.4, 0.5) is 5.69 Å². The summed E-state index contributed by atoms with van der Waals surface area (Å²) in [5, 5.41) is 0.0612. The van der Waals surface area contributed by atoms with Gasteiger partial charge in [0.25, 0.3) is 5.91 Å². The van der Waals surface area contributed by atoms with E-state index < -0.39 is 21.2 Å². The number of hydrogen-bond donors (Lipinski definition) is 1. The monoisotopic (exact) mass is 738 g/mol. The molecule has 51 heavy (non-hydrogen) atoms. The Balaban J connectivity index is 1.12. The third kappa shape index (κ3) is 7.17. The number of benzene rings is 2. The number of carbonyl (C=O) groups excluding carboxylic acids is 1. The van der Waals surface area contributed by atoms with E-state index in [1.54, 1.807) is 13.0 Å². The predicted molar refractivity (Wildman–Crippen MR) is 201 cm³/mol. The number of sulfonamides is 1. The van der Waals surface area contributed by atoms with Gasteiger partial charge in [0.1, 0.15) is 12.4 Å². The topological polar surface area (TPSA) is 91.4 Å². The van der Waals surface area contributed by atoms with Gasteiger partial charge in [0, 0.05) is 61.9 Å². The van der Waals surface area contributed by atoms with Crippen LogP contribution in [0.5, 0.6) is 5.75 Å². The van der Waals surface area contributed by atoms with E-state index in [0.29, 0.717) is 36.1 Å². The molecule has 8 rings (SSSR count). The number of fused-ring (bicyclic) bond motifs is 5. The minimum Gasteiger partial charge on any atom is -0.487 e. The number of hydrogen-bond acceptors (Lipinski definition) is 8. The zero-order chi connectivity index (χ0) is 35.3. The van der Waals surface area contributed by atoms with Crippen LogP contribution in [0.1, 0.15) is 86.7 Å². The van der Waals surface area contributed by atoms with Crippen LogP contribution in [0.3, 0.4) is 0 Å². The van der Waals surface area contributed by atoms with Crippen molar-refractivity contribution in [3.8, 4) is 5.75 Å². The van der Waals surface area contributed by atoms with Gasteiger partial charge in [-0.1, -0.05) is 31.0 Å². The number of aryl methyl sites for hydroxylation is 1. The first-order chi connectivity index (χ1) is 24.6. The Morgan fingerprint density at radius 1 is 0.922 bits per heavy atom. The highest BCUT2D eigenvalue weighted by Gasteiger charge is 2.64. The van der Waals surface area contributed by atoms with Crippen LogP contribution in [0, 0.1) is 23.2 Å². The first-order valence-corrected chi connectivity index (χ1v) is 21.4. The number of ether oxygens (including phenoxy) is 2. The van der Waals surface area contributed by atoms with Gasteiger partial charge in [0.15, 0.2) is 0 Å². The summed E-state index contributed by atoms with van der Waals surface area (Å²) in [6.45, 7) is 12.0. The second kappa shape index (κ2) is 14.5. The van der Waals surface area contributed by atoms with E-state index in [-0.39, 0.29) is 11.3 Å². The number of anilines is 1. The number of rotatable bonds is 1. The van der Waals surface area contributed by atoms with E-state index in [4.69, 9.17) is 21.1 Å². The van der Waals surface area contributed by atoms with Crippen molar-refractivity contribution in [1.29, 1.82) is 0 Å². The summed E-state index contributed by atoms with van der Waals surface area (Å²) < 4.78 is 42.1. The number of nitrogens with zero attached hydrogens (tertiary/aromatic N) is 3. The van der Waals surface area contributed by atoms with Crippen molar-refractivity contribution in [2.45, 2.75) is 95.6 Å². The molecule has 2 aromatic rings. The van der Waals surface area contributed by atoms with Gasteiger partial charge in [-0.3, -0.25) is 14.6 Å². The maximum absolute atomic E-state index is 13.6. The van der Waals surface area contributed by atoms with Gasteiger partial charge >= 0.3 is 0 Å². The summed E-state index contributed by atoms with van der Waals surface area (Å²) in [5.74, 6) is 1.27. The molecule has 11 heteroatoms. The lowest BCUT2D eigenvalue weighted by molar-refractivity contribution is -0.0526. The molecule has 1 spiro atoms. The minimum absolute atomic E-state index is 0.0633. The molecule has 9 nitrogen and oxygen atoms in total. The van der Waals surface area contributed by atoms with Crippen LogP contribution >= 0.6 is 11.6 Å². The first kappa shape index (κ1) is 35.6. The molecule has 4 fully saturated rings. The molecule has 2 aliphatic carbocycles. The molecule has 6 aliphatic rings. The Morgan fingerprint density at radius 2 is 1.78 bits per heavy atom. The molecule has 0 aromatic heterocycles. The summed E-state index contributed by atoms with van der Waals surface area (Å²) >= 11 is 6.41. The molecule has 1 N–H and O–H groups in total. The van der Waals surface area contributed by atoms with Gasteiger partial charge in [-0.2, -0.15) is 0 Å². The summed E-state index contributed by atoms with van der Waals surface area (Å²) in [7, 11) is -3.88. The van der Waals surface area contributed by atoms with Crippen LogP contribution in [-0.4, -0.2) is 93.9 Å². The second-order valence-electron chi connectivity index (χ2n) is 16.5. The maximum atomic E-state index is 13.6. The largest absolute Gasteiger partial charge is 0.487 e. The fraction of sp³-hybridized carbons (Fsp3) is 0.675. The van der Waals surface area contributed by atoms with E-state index >= 15 is 0 Å². The fourth-order valence-electron chi connectivity index (χ4n) is 10.2. The number of piperazine rings is 1. The zero-order valence-electron chi connectivity index (χ0n) is 30.3.